The second-order valence-electron chi connectivity index (χ2n) is 7.19. The Labute approximate surface area is 194 Å². The van der Waals surface area contributed by atoms with E-state index in [0.29, 0.717) is 17.3 Å². The molecule has 2 amide bonds. The first kappa shape index (κ1) is 22.1. The molecular weight excluding hydrogens is 508 g/mol. The Morgan fingerprint density at radius 3 is 2.38 bits per heavy atom. The highest BCUT2D eigenvalue weighted by Gasteiger charge is 2.57. The van der Waals surface area contributed by atoms with Crippen LogP contribution in [-0.4, -0.2) is 21.8 Å². The van der Waals surface area contributed by atoms with E-state index >= 15 is 0 Å². The number of halogens is 4. The largest absolute Gasteiger partial charge is 0.369 e. The maximum Gasteiger partial charge on any atom is 0.247 e. The molecule has 7 nitrogen and oxygen atoms in total. The van der Waals surface area contributed by atoms with Crippen LogP contribution in [0.3, 0.4) is 0 Å². The van der Waals surface area contributed by atoms with Gasteiger partial charge in [0.2, 0.25) is 17.1 Å². The summed E-state index contributed by atoms with van der Waals surface area (Å²) < 4.78 is 28.9. The van der Waals surface area contributed by atoms with Crippen molar-refractivity contribution in [2.24, 2.45) is 11.1 Å². The summed E-state index contributed by atoms with van der Waals surface area (Å²) in [5.41, 5.74) is 4.59. The van der Waals surface area contributed by atoms with Crippen LogP contribution in [-0.2, 0) is 9.59 Å². The number of primary amides is 1. The third-order valence-electron chi connectivity index (χ3n) is 5.10. The predicted octanol–water partition coefficient (Wildman–Crippen LogP) is 4.84. The molecule has 1 fully saturated rings. The summed E-state index contributed by atoms with van der Waals surface area (Å²) in [5.74, 6) is -2.31. The van der Waals surface area contributed by atoms with E-state index in [-0.39, 0.29) is 28.2 Å². The molecule has 1 heterocycles. The lowest BCUT2D eigenvalue weighted by Gasteiger charge is -2.27. The average molecular weight is 523 g/mol. The van der Waals surface area contributed by atoms with Gasteiger partial charge in [-0.1, -0.05) is 0 Å². The van der Waals surface area contributed by atoms with Crippen LogP contribution in [0.2, 0.25) is 5.28 Å². The lowest BCUT2D eigenvalue weighted by Crippen LogP contribution is -2.41. The van der Waals surface area contributed by atoms with Crippen LogP contribution in [0.25, 0.3) is 0 Å². The molecule has 0 atom stereocenters. The van der Waals surface area contributed by atoms with Gasteiger partial charge in [-0.2, -0.15) is 4.98 Å². The van der Waals surface area contributed by atoms with Gasteiger partial charge in [0.15, 0.2) is 0 Å². The minimum absolute atomic E-state index is 0.0259. The first-order valence-corrected chi connectivity index (χ1v) is 10.5. The Bertz CT molecular complexity index is 1220. The number of nitrogens with zero attached hydrogens (tertiary/aromatic N) is 3. The van der Waals surface area contributed by atoms with E-state index in [2.05, 4.69) is 31.2 Å². The highest BCUT2D eigenvalue weighted by Crippen LogP contribution is 2.49. The van der Waals surface area contributed by atoms with Crippen LogP contribution < -0.4 is 16.0 Å². The minimum atomic E-state index is -1.36. The maximum absolute atomic E-state index is 15.0. The molecule has 32 heavy (non-hydrogen) atoms. The van der Waals surface area contributed by atoms with Crippen molar-refractivity contribution >= 4 is 62.2 Å². The molecule has 0 spiro atoms. The van der Waals surface area contributed by atoms with Crippen LogP contribution in [0, 0.1) is 17.0 Å². The average Bonchev–Trinajstić information content (AvgIpc) is 3.56. The summed E-state index contributed by atoms with van der Waals surface area (Å²) in [6, 6.07) is 9.09. The predicted molar refractivity (Wildman–Crippen MR) is 119 cm³/mol. The molecule has 3 N–H and O–H groups in total. The van der Waals surface area contributed by atoms with E-state index in [4.69, 9.17) is 17.3 Å². The van der Waals surface area contributed by atoms with Gasteiger partial charge in [0.05, 0.1) is 15.8 Å². The first-order chi connectivity index (χ1) is 15.2. The monoisotopic (exact) mass is 521 g/mol. The van der Waals surface area contributed by atoms with Gasteiger partial charge in [-0.3, -0.25) is 14.5 Å². The number of carbonyl (C=O) groups is 2. The fraction of sp³-hybridized carbons (Fsp3) is 0.143. The summed E-state index contributed by atoms with van der Waals surface area (Å²) in [6.45, 7) is 0. The lowest BCUT2D eigenvalue weighted by atomic mass is 10.0. The third kappa shape index (κ3) is 4.15. The number of aromatic nitrogens is 2. The fourth-order valence-corrected chi connectivity index (χ4v) is 3.61. The van der Waals surface area contributed by atoms with Crippen LogP contribution >= 0.6 is 27.5 Å². The number of rotatable bonds is 6. The summed E-state index contributed by atoms with van der Waals surface area (Å²) in [5, 5.41) is 2.77. The standard InChI is InChI=1S/C21H15BrClF2N5O2/c22-14-10-27-20(23)29-17(14)28-16-6-5-13(9-15(16)25)30(12-3-1-11(24)2-4-12)19(32)21(7-8-21)18(26)31/h1-6,9-10H,7-8H2,(H2,26,31)(H,27,28,29). The van der Waals surface area contributed by atoms with Crippen molar-refractivity contribution in [1.29, 1.82) is 0 Å². The number of hydrogen-bond donors (Lipinski definition) is 2. The molecule has 1 aromatic heterocycles. The molecule has 1 aliphatic rings. The maximum atomic E-state index is 15.0. The Kier molecular flexibility index (Phi) is 5.83. The molecule has 1 saturated carbocycles. The van der Waals surface area contributed by atoms with Crippen LogP contribution in [0.5, 0.6) is 0 Å². The van der Waals surface area contributed by atoms with E-state index in [1.807, 2.05) is 0 Å². The van der Waals surface area contributed by atoms with Crippen molar-refractivity contribution in [3.8, 4) is 0 Å². The minimum Gasteiger partial charge on any atom is -0.369 e. The Morgan fingerprint density at radius 2 is 1.78 bits per heavy atom. The second kappa shape index (κ2) is 8.44. The molecule has 0 radical (unpaired) electrons. The van der Waals surface area contributed by atoms with Gasteiger partial charge < -0.3 is 11.1 Å². The van der Waals surface area contributed by atoms with Gasteiger partial charge in [-0.05, 0) is 76.8 Å². The number of hydrogen-bond acceptors (Lipinski definition) is 5. The molecule has 3 aromatic rings. The van der Waals surface area contributed by atoms with Gasteiger partial charge in [0.1, 0.15) is 22.9 Å². The van der Waals surface area contributed by atoms with E-state index in [9.17, 15) is 18.4 Å². The van der Waals surface area contributed by atoms with Crippen molar-refractivity contribution in [3.63, 3.8) is 0 Å². The number of carbonyl (C=O) groups excluding carboxylic acids is 2. The smallest absolute Gasteiger partial charge is 0.247 e. The zero-order valence-electron chi connectivity index (χ0n) is 16.3. The second-order valence-corrected chi connectivity index (χ2v) is 8.38. The molecule has 2 aromatic carbocycles. The SMILES string of the molecule is NC(=O)C1(C(=O)N(c2ccc(F)cc2)c2ccc(Nc3nc(Cl)ncc3Br)c(F)c2)CC1. The Hall–Kier alpha value is -3.11. The number of nitrogens with one attached hydrogen (secondary N) is 1. The van der Waals surface area contributed by atoms with Gasteiger partial charge in [-0.15, -0.1) is 0 Å². The van der Waals surface area contributed by atoms with Crippen LogP contribution in [0.4, 0.5) is 31.7 Å². The molecule has 0 saturated heterocycles. The molecule has 4 rings (SSSR count). The van der Waals surface area contributed by atoms with Crippen molar-refractivity contribution in [3.05, 3.63) is 70.1 Å². The lowest BCUT2D eigenvalue weighted by molar-refractivity contribution is -0.133. The molecule has 0 unspecified atom stereocenters. The number of benzene rings is 2. The Balaban J connectivity index is 1.72. The molecular formula is C21H15BrClF2N5O2. The first-order valence-electron chi connectivity index (χ1n) is 9.36. The van der Waals surface area contributed by atoms with Crippen molar-refractivity contribution in [2.45, 2.75) is 12.8 Å². The summed E-state index contributed by atoms with van der Waals surface area (Å²) in [6.07, 6.45) is 2.00. The number of anilines is 4. The summed E-state index contributed by atoms with van der Waals surface area (Å²) in [7, 11) is 0. The van der Waals surface area contributed by atoms with E-state index in [1.54, 1.807) is 0 Å². The van der Waals surface area contributed by atoms with Gasteiger partial charge in [0.25, 0.3) is 0 Å². The van der Waals surface area contributed by atoms with E-state index < -0.39 is 28.9 Å². The number of nitrogens with two attached hydrogens (primary N) is 1. The van der Waals surface area contributed by atoms with Gasteiger partial charge >= 0.3 is 0 Å². The van der Waals surface area contributed by atoms with Crippen LogP contribution in [0.1, 0.15) is 12.8 Å². The van der Waals surface area contributed by atoms with E-state index in [0.717, 1.165) is 6.07 Å². The molecule has 0 aliphatic heterocycles. The molecule has 11 heteroatoms. The van der Waals surface area contributed by atoms with Gasteiger partial charge in [-0.25, -0.2) is 13.8 Å². The Morgan fingerprint density at radius 1 is 1.12 bits per heavy atom. The normalized spacial score (nSPS) is 14.0. The highest BCUT2D eigenvalue weighted by atomic mass is 79.9. The zero-order valence-corrected chi connectivity index (χ0v) is 18.6. The van der Waals surface area contributed by atoms with Crippen molar-refractivity contribution in [1.82, 2.24) is 9.97 Å². The third-order valence-corrected chi connectivity index (χ3v) is 5.86. The molecule has 164 valence electrons. The van der Waals surface area contributed by atoms with Gasteiger partial charge in [0, 0.05) is 18.0 Å². The number of amides is 2. The fourth-order valence-electron chi connectivity index (χ4n) is 3.18. The summed E-state index contributed by atoms with van der Waals surface area (Å²) >= 11 is 9.04. The van der Waals surface area contributed by atoms with Crippen LogP contribution in [0.15, 0.2) is 53.1 Å². The van der Waals surface area contributed by atoms with Crippen molar-refractivity contribution in [2.75, 3.05) is 10.2 Å². The quantitative estimate of drug-likeness (QED) is 0.356. The van der Waals surface area contributed by atoms with Crippen molar-refractivity contribution < 1.29 is 18.4 Å². The highest BCUT2D eigenvalue weighted by molar-refractivity contribution is 9.10. The summed E-state index contributed by atoms with van der Waals surface area (Å²) in [4.78, 5) is 34.2. The topological polar surface area (TPSA) is 101 Å². The molecule has 1 aliphatic carbocycles. The zero-order chi connectivity index (χ0) is 23.0. The molecule has 0 bridgehead atoms. The van der Waals surface area contributed by atoms with E-state index in [1.165, 1.54) is 47.5 Å².